The quantitative estimate of drug-likeness (QED) is 0.711. The summed E-state index contributed by atoms with van der Waals surface area (Å²) in [5, 5.41) is 3.63. The number of fused-ring (bicyclic) bond motifs is 1. The van der Waals surface area contributed by atoms with Crippen LogP contribution in [0.15, 0.2) is 23.8 Å². The molecule has 27 heavy (non-hydrogen) atoms. The Morgan fingerprint density at radius 2 is 2.00 bits per heavy atom. The third kappa shape index (κ3) is 4.70. The predicted molar refractivity (Wildman–Crippen MR) is 111 cm³/mol. The van der Waals surface area contributed by atoms with Crippen LogP contribution in [0, 0.1) is 23.7 Å². The number of H-pyrrole nitrogens is 1. The van der Waals surface area contributed by atoms with Crippen LogP contribution in [0.2, 0.25) is 0 Å². The van der Waals surface area contributed by atoms with E-state index in [0.717, 1.165) is 30.0 Å². The Hall–Kier alpha value is -1.88. The molecular formula is C22H34N4O. The van der Waals surface area contributed by atoms with Gasteiger partial charge in [0.05, 0.1) is 12.6 Å². The fourth-order valence-electron chi connectivity index (χ4n) is 4.25. The van der Waals surface area contributed by atoms with Crippen LogP contribution < -0.4 is 10.1 Å². The largest absolute Gasteiger partial charge is 0.481 e. The molecule has 0 fully saturated rings. The minimum Gasteiger partial charge on any atom is -0.481 e. The van der Waals surface area contributed by atoms with E-state index in [0.29, 0.717) is 35.6 Å². The summed E-state index contributed by atoms with van der Waals surface area (Å²) in [5.74, 6) is 4.16. The highest BCUT2D eigenvalue weighted by atomic mass is 16.5. The summed E-state index contributed by atoms with van der Waals surface area (Å²) in [6, 6.07) is 4.40. The van der Waals surface area contributed by atoms with Crippen LogP contribution in [0.1, 0.15) is 46.9 Å². The van der Waals surface area contributed by atoms with Crippen LogP contribution in [0.25, 0.3) is 11.2 Å². The van der Waals surface area contributed by atoms with Crippen molar-refractivity contribution in [3.63, 3.8) is 0 Å². The fourth-order valence-corrected chi connectivity index (χ4v) is 4.25. The normalized spacial score (nSPS) is 23.3. The lowest BCUT2D eigenvalue weighted by atomic mass is 9.69. The van der Waals surface area contributed by atoms with Gasteiger partial charge in [-0.25, -0.2) is 4.98 Å². The Bertz CT molecular complexity index is 793. The number of pyridine rings is 1. The molecule has 0 saturated carbocycles. The highest BCUT2D eigenvalue weighted by Crippen LogP contribution is 2.38. The van der Waals surface area contributed by atoms with Crippen LogP contribution in [0.4, 0.5) is 0 Å². The van der Waals surface area contributed by atoms with Crippen LogP contribution in [-0.4, -0.2) is 34.6 Å². The van der Waals surface area contributed by atoms with Gasteiger partial charge in [0.25, 0.3) is 0 Å². The Balaban J connectivity index is 1.77. The molecule has 5 nitrogen and oxygen atoms in total. The molecule has 3 atom stereocenters. The number of imidazole rings is 1. The van der Waals surface area contributed by atoms with Crippen LogP contribution in [-0.2, 0) is 6.42 Å². The summed E-state index contributed by atoms with van der Waals surface area (Å²) >= 11 is 0. The summed E-state index contributed by atoms with van der Waals surface area (Å²) < 4.78 is 5.21. The zero-order chi connectivity index (χ0) is 19.6. The van der Waals surface area contributed by atoms with E-state index in [4.69, 9.17) is 9.72 Å². The van der Waals surface area contributed by atoms with Gasteiger partial charge >= 0.3 is 0 Å². The van der Waals surface area contributed by atoms with Gasteiger partial charge in [0.15, 0.2) is 5.65 Å². The average Bonchev–Trinajstić information content (AvgIpc) is 3.02. The molecule has 0 bridgehead atoms. The lowest BCUT2D eigenvalue weighted by molar-refractivity contribution is 0.219. The number of allylic oxidation sites excluding steroid dienone is 1. The molecule has 2 N–H and O–H groups in total. The molecule has 2 aromatic heterocycles. The Kier molecular flexibility index (Phi) is 6.20. The zero-order valence-electron chi connectivity index (χ0n) is 17.5. The van der Waals surface area contributed by atoms with E-state index in [-0.39, 0.29) is 0 Å². The first-order chi connectivity index (χ1) is 12.9. The van der Waals surface area contributed by atoms with Gasteiger partial charge in [-0.1, -0.05) is 39.3 Å². The van der Waals surface area contributed by atoms with Gasteiger partial charge in [-0.3, -0.25) is 0 Å². The van der Waals surface area contributed by atoms with Crippen molar-refractivity contribution in [3.05, 3.63) is 29.6 Å². The molecule has 0 unspecified atom stereocenters. The van der Waals surface area contributed by atoms with E-state index in [1.165, 1.54) is 12.0 Å². The second kappa shape index (κ2) is 8.42. The number of nitrogens with one attached hydrogen (secondary N) is 2. The molecule has 2 aromatic rings. The summed E-state index contributed by atoms with van der Waals surface area (Å²) in [5.41, 5.74) is 3.21. The minimum absolute atomic E-state index is 0.532. The van der Waals surface area contributed by atoms with Gasteiger partial charge < -0.3 is 15.0 Å². The van der Waals surface area contributed by atoms with Crippen LogP contribution in [0.5, 0.6) is 5.88 Å². The van der Waals surface area contributed by atoms with Gasteiger partial charge in [-0.2, -0.15) is 4.98 Å². The van der Waals surface area contributed by atoms with Gasteiger partial charge in [0.2, 0.25) is 5.88 Å². The Morgan fingerprint density at radius 1 is 1.22 bits per heavy atom. The van der Waals surface area contributed by atoms with Crippen molar-refractivity contribution >= 4 is 11.2 Å². The summed E-state index contributed by atoms with van der Waals surface area (Å²) in [6.45, 7) is 12.5. The SMILES string of the molecule is COc1ccc2[nH]c(C[C@@H]3C[C@@H](C(C)C)[C@H](CNC(C)C)C=C3C)nc2n1. The van der Waals surface area contributed by atoms with Crippen molar-refractivity contribution < 1.29 is 4.74 Å². The molecule has 0 spiro atoms. The minimum atomic E-state index is 0.532. The van der Waals surface area contributed by atoms with E-state index < -0.39 is 0 Å². The van der Waals surface area contributed by atoms with Gasteiger partial charge in [-0.05, 0) is 43.1 Å². The first kappa shape index (κ1) is 19.9. The lowest BCUT2D eigenvalue weighted by Gasteiger charge is -2.37. The van der Waals surface area contributed by atoms with Crippen molar-refractivity contribution in [2.24, 2.45) is 23.7 Å². The van der Waals surface area contributed by atoms with Gasteiger partial charge in [0, 0.05) is 25.1 Å². The number of rotatable bonds is 7. The highest BCUT2D eigenvalue weighted by molar-refractivity contribution is 5.71. The Morgan fingerprint density at radius 3 is 2.67 bits per heavy atom. The Labute approximate surface area is 163 Å². The van der Waals surface area contributed by atoms with E-state index in [9.17, 15) is 0 Å². The molecule has 1 aliphatic carbocycles. The van der Waals surface area contributed by atoms with E-state index in [1.807, 2.05) is 12.1 Å². The number of hydrogen-bond donors (Lipinski definition) is 2. The third-order valence-corrected chi connectivity index (χ3v) is 5.86. The molecule has 1 aliphatic rings. The second-order valence-electron chi connectivity index (χ2n) is 8.59. The number of hydrogen-bond acceptors (Lipinski definition) is 4. The number of aromatic amines is 1. The fraction of sp³-hybridized carbons (Fsp3) is 0.636. The molecular weight excluding hydrogens is 336 g/mol. The molecule has 148 valence electrons. The maximum absolute atomic E-state index is 5.21. The smallest absolute Gasteiger partial charge is 0.215 e. The molecule has 0 amide bonds. The van der Waals surface area contributed by atoms with Crippen molar-refractivity contribution in [2.75, 3.05) is 13.7 Å². The zero-order valence-corrected chi connectivity index (χ0v) is 17.5. The van der Waals surface area contributed by atoms with Crippen molar-refractivity contribution in [1.82, 2.24) is 20.3 Å². The summed E-state index contributed by atoms with van der Waals surface area (Å²) in [6.07, 6.45) is 4.67. The first-order valence-electron chi connectivity index (χ1n) is 10.2. The number of ether oxygens (including phenoxy) is 1. The van der Waals surface area contributed by atoms with Crippen molar-refractivity contribution in [3.8, 4) is 5.88 Å². The van der Waals surface area contributed by atoms with E-state index in [2.05, 4.69) is 56.0 Å². The molecule has 0 saturated heterocycles. The van der Waals surface area contributed by atoms with Gasteiger partial charge in [0.1, 0.15) is 5.82 Å². The monoisotopic (exact) mass is 370 g/mol. The van der Waals surface area contributed by atoms with Gasteiger partial charge in [-0.15, -0.1) is 0 Å². The molecule has 3 rings (SSSR count). The number of aromatic nitrogens is 3. The highest BCUT2D eigenvalue weighted by Gasteiger charge is 2.32. The third-order valence-electron chi connectivity index (χ3n) is 5.86. The van der Waals surface area contributed by atoms with E-state index >= 15 is 0 Å². The molecule has 2 heterocycles. The lowest BCUT2D eigenvalue weighted by Crippen LogP contribution is -2.37. The number of nitrogens with zero attached hydrogens (tertiary/aromatic N) is 2. The standard InChI is InChI=1S/C22H34N4O/c1-13(2)18-10-16(15(5)9-17(18)12-23-14(3)4)11-20-24-19-7-8-21(27-6)26-22(19)25-20/h7-9,13-14,16-18,23H,10-12H2,1-6H3,(H,24,25,26)/t16-,17-,18-/m0/s1. The van der Waals surface area contributed by atoms with Crippen molar-refractivity contribution in [1.29, 1.82) is 0 Å². The van der Waals surface area contributed by atoms with E-state index in [1.54, 1.807) is 7.11 Å². The average molecular weight is 371 g/mol. The summed E-state index contributed by atoms with van der Waals surface area (Å²) in [4.78, 5) is 12.6. The second-order valence-corrected chi connectivity index (χ2v) is 8.59. The molecule has 0 aromatic carbocycles. The molecule has 0 aliphatic heterocycles. The van der Waals surface area contributed by atoms with Crippen LogP contribution in [0.3, 0.4) is 0 Å². The number of methoxy groups -OCH3 is 1. The maximum atomic E-state index is 5.21. The first-order valence-corrected chi connectivity index (χ1v) is 10.2. The molecule has 0 radical (unpaired) electrons. The van der Waals surface area contributed by atoms with Crippen LogP contribution >= 0.6 is 0 Å². The topological polar surface area (TPSA) is 62.8 Å². The summed E-state index contributed by atoms with van der Waals surface area (Å²) in [7, 11) is 1.63. The maximum Gasteiger partial charge on any atom is 0.215 e. The van der Waals surface area contributed by atoms with Crippen molar-refractivity contribution in [2.45, 2.75) is 53.5 Å². The predicted octanol–water partition coefficient (Wildman–Crippen LogP) is 4.36. The molecule has 5 heteroatoms.